The minimum absolute atomic E-state index is 0.0841. The van der Waals surface area contributed by atoms with Crippen LogP contribution >= 0.6 is 0 Å². The predicted octanol–water partition coefficient (Wildman–Crippen LogP) is 4.47. The lowest BCUT2D eigenvalue weighted by molar-refractivity contribution is -0.125. The minimum atomic E-state index is 0.0841. The standard InChI is InChI=1S/C21H31NO2/c1-3-5-6-7-8-13-22-21(24)19-12-10-16-14-18(20(23)4-2)11-9-17(16)15-19/h9,11,14,19H,3-8,10,12-13,15H2,1-2H3,(H,22,24). The van der Waals surface area contributed by atoms with Gasteiger partial charge in [-0.1, -0.05) is 51.7 Å². The molecular weight excluding hydrogens is 298 g/mol. The second-order valence-corrected chi connectivity index (χ2v) is 6.91. The average molecular weight is 329 g/mol. The SMILES string of the molecule is CCCCCCCNC(=O)C1CCc2cc(C(=O)CC)ccc2C1. The van der Waals surface area contributed by atoms with Crippen LogP contribution in [0, 0.1) is 5.92 Å². The number of benzene rings is 1. The molecule has 1 aliphatic rings. The first-order valence-electron chi connectivity index (χ1n) is 9.58. The van der Waals surface area contributed by atoms with Crippen molar-refractivity contribution >= 4 is 11.7 Å². The number of Topliss-reactive ketones (excluding diaryl/α,β-unsaturated/α-hetero) is 1. The predicted molar refractivity (Wildman–Crippen MR) is 98.3 cm³/mol. The lowest BCUT2D eigenvalue weighted by Crippen LogP contribution is -2.34. The molecule has 0 bridgehead atoms. The van der Waals surface area contributed by atoms with Crippen LogP contribution in [0.1, 0.15) is 80.3 Å². The number of carbonyl (C=O) groups is 2. The summed E-state index contributed by atoms with van der Waals surface area (Å²) in [5.74, 6) is 0.478. The van der Waals surface area contributed by atoms with Crippen molar-refractivity contribution in [3.63, 3.8) is 0 Å². The molecule has 132 valence electrons. The Hall–Kier alpha value is -1.64. The lowest BCUT2D eigenvalue weighted by atomic mass is 9.82. The van der Waals surface area contributed by atoms with E-state index in [2.05, 4.69) is 12.2 Å². The van der Waals surface area contributed by atoms with Gasteiger partial charge in [0, 0.05) is 24.4 Å². The maximum Gasteiger partial charge on any atom is 0.223 e. The maximum atomic E-state index is 12.4. The Bertz CT molecular complexity index is 565. The van der Waals surface area contributed by atoms with Crippen molar-refractivity contribution in [1.82, 2.24) is 5.32 Å². The van der Waals surface area contributed by atoms with E-state index in [4.69, 9.17) is 0 Å². The fourth-order valence-corrected chi connectivity index (χ4v) is 3.44. The molecule has 24 heavy (non-hydrogen) atoms. The second-order valence-electron chi connectivity index (χ2n) is 6.91. The normalized spacial score (nSPS) is 16.5. The van der Waals surface area contributed by atoms with Crippen LogP contribution in [0.4, 0.5) is 0 Å². The Balaban J connectivity index is 1.81. The molecule has 1 atom stereocenters. The van der Waals surface area contributed by atoms with Gasteiger partial charge in [0.1, 0.15) is 0 Å². The van der Waals surface area contributed by atoms with Gasteiger partial charge in [0.2, 0.25) is 5.91 Å². The van der Waals surface area contributed by atoms with Gasteiger partial charge in [-0.05, 0) is 42.9 Å². The van der Waals surface area contributed by atoms with E-state index in [1.165, 1.54) is 36.8 Å². The van der Waals surface area contributed by atoms with Crippen LogP contribution < -0.4 is 5.32 Å². The van der Waals surface area contributed by atoms with Gasteiger partial charge in [-0.25, -0.2) is 0 Å². The number of amides is 1. The Labute approximate surface area is 146 Å². The molecule has 0 fully saturated rings. The highest BCUT2D eigenvalue weighted by Gasteiger charge is 2.24. The van der Waals surface area contributed by atoms with Crippen LogP contribution in [0.2, 0.25) is 0 Å². The lowest BCUT2D eigenvalue weighted by Gasteiger charge is -2.24. The van der Waals surface area contributed by atoms with Gasteiger partial charge in [0.05, 0.1) is 0 Å². The van der Waals surface area contributed by atoms with E-state index in [1.807, 2.05) is 25.1 Å². The molecular formula is C21H31NO2. The first-order valence-corrected chi connectivity index (χ1v) is 9.58. The van der Waals surface area contributed by atoms with Crippen molar-refractivity contribution in [2.45, 2.75) is 71.6 Å². The quantitative estimate of drug-likeness (QED) is 0.536. The highest BCUT2D eigenvalue weighted by Crippen LogP contribution is 2.27. The number of unbranched alkanes of at least 4 members (excludes halogenated alkanes) is 4. The number of carbonyl (C=O) groups excluding carboxylic acids is 2. The van der Waals surface area contributed by atoms with Crippen molar-refractivity contribution in [3.05, 3.63) is 34.9 Å². The Morgan fingerprint density at radius 2 is 1.88 bits per heavy atom. The number of fused-ring (bicyclic) bond motifs is 1. The van der Waals surface area contributed by atoms with Gasteiger partial charge in [0.15, 0.2) is 5.78 Å². The largest absolute Gasteiger partial charge is 0.356 e. The van der Waals surface area contributed by atoms with Crippen LogP contribution in [-0.2, 0) is 17.6 Å². The van der Waals surface area contributed by atoms with E-state index in [9.17, 15) is 9.59 Å². The number of aryl methyl sites for hydroxylation is 1. The van der Waals surface area contributed by atoms with Gasteiger partial charge in [-0.15, -0.1) is 0 Å². The first-order chi connectivity index (χ1) is 11.7. The maximum absolute atomic E-state index is 12.4. The van der Waals surface area contributed by atoms with E-state index >= 15 is 0 Å². The van der Waals surface area contributed by atoms with E-state index in [-0.39, 0.29) is 17.6 Å². The number of rotatable bonds is 9. The van der Waals surface area contributed by atoms with Crippen molar-refractivity contribution in [2.75, 3.05) is 6.54 Å². The molecule has 0 spiro atoms. The van der Waals surface area contributed by atoms with Gasteiger partial charge >= 0.3 is 0 Å². The third-order valence-corrected chi connectivity index (χ3v) is 5.03. The zero-order valence-corrected chi connectivity index (χ0v) is 15.2. The van der Waals surface area contributed by atoms with Crippen LogP contribution in [0.5, 0.6) is 0 Å². The van der Waals surface area contributed by atoms with Crippen LogP contribution in [0.25, 0.3) is 0 Å². The Kier molecular flexibility index (Phi) is 7.48. The molecule has 2 rings (SSSR count). The monoisotopic (exact) mass is 329 g/mol. The summed E-state index contributed by atoms with van der Waals surface area (Å²) in [6.45, 7) is 4.91. The molecule has 0 radical (unpaired) electrons. The summed E-state index contributed by atoms with van der Waals surface area (Å²) in [6, 6.07) is 5.99. The van der Waals surface area contributed by atoms with Crippen LogP contribution in [-0.4, -0.2) is 18.2 Å². The summed E-state index contributed by atoms with van der Waals surface area (Å²) in [6.07, 6.45) is 9.22. The molecule has 3 heteroatoms. The Morgan fingerprint density at radius 3 is 2.62 bits per heavy atom. The molecule has 0 aromatic heterocycles. The van der Waals surface area contributed by atoms with Gasteiger partial charge < -0.3 is 5.32 Å². The van der Waals surface area contributed by atoms with Gasteiger partial charge in [-0.3, -0.25) is 9.59 Å². The van der Waals surface area contributed by atoms with Gasteiger partial charge in [0.25, 0.3) is 0 Å². The summed E-state index contributed by atoms with van der Waals surface area (Å²) < 4.78 is 0. The fourth-order valence-electron chi connectivity index (χ4n) is 3.44. The highest BCUT2D eigenvalue weighted by atomic mass is 16.1. The van der Waals surface area contributed by atoms with Crippen molar-refractivity contribution in [1.29, 1.82) is 0 Å². The van der Waals surface area contributed by atoms with E-state index in [0.717, 1.165) is 37.8 Å². The van der Waals surface area contributed by atoms with Crippen LogP contribution in [0.15, 0.2) is 18.2 Å². The molecule has 1 aromatic rings. The smallest absolute Gasteiger partial charge is 0.223 e. The second kappa shape index (κ2) is 9.61. The number of hydrogen-bond acceptors (Lipinski definition) is 2. The van der Waals surface area contributed by atoms with Crippen LogP contribution in [0.3, 0.4) is 0 Å². The molecule has 0 saturated heterocycles. The highest BCUT2D eigenvalue weighted by molar-refractivity contribution is 5.96. The topological polar surface area (TPSA) is 46.2 Å². The number of hydrogen-bond donors (Lipinski definition) is 1. The summed E-state index contributed by atoms with van der Waals surface area (Å²) in [5.41, 5.74) is 3.29. The molecule has 0 aliphatic heterocycles. The number of ketones is 1. The van der Waals surface area contributed by atoms with Crippen molar-refractivity contribution in [3.8, 4) is 0 Å². The van der Waals surface area contributed by atoms with E-state index < -0.39 is 0 Å². The zero-order chi connectivity index (χ0) is 17.4. The third kappa shape index (κ3) is 5.19. The molecule has 1 amide bonds. The van der Waals surface area contributed by atoms with E-state index in [0.29, 0.717) is 6.42 Å². The van der Waals surface area contributed by atoms with E-state index in [1.54, 1.807) is 0 Å². The number of nitrogens with one attached hydrogen (secondary N) is 1. The van der Waals surface area contributed by atoms with Crippen molar-refractivity contribution < 1.29 is 9.59 Å². The summed E-state index contributed by atoms with van der Waals surface area (Å²) >= 11 is 0. The minimum Gasteiger partial charge on any atom is -0.356 e. The summed E-state index contributed by atoms with van der Waals surface area (Å²) in [4.78, 5) is 24.2. The molecule has 0 saturated carbocycles. The summed E-state index contributed by atoms with van der Waals surface area (Å²) in [5, 5.41) is 3.11. The molecule has 0 heterocycles. The third-order valence-electron chi connectivity index (χ3n) is 5.03. The molecule has 1 aromatic carbocycles. The first kappa shape index (κ1) is 18.7. The zero-order valence-electron chi connectivity index (χ0n) is 15.2. The molecule has 1 aliphatic carbocycles. The molecule has 3 nitrogen and oxygen atoms in total. The Morgan fingerprint density at radius 1 is 1.08 bits per heavy atom. The fraction of sp³-hybridized carbons (Fsp3) is 0.619. The van der Waals surface area contributed by atoms with Gasteiger partial charge in [-0.2, -0.15) is 0 Å². The molecule has 1 unspecified atom stereocenters. The summed E-state index contributed by atoms with van der Waals surface area (Å²) in [7, 11) is 0. The van der Waals surface area contributed by atoms with Crippen molar-refractivity contribution in [2.24, 2.45) is 5.92 Å². The molecule has 1 N–H and O–H groups in total. The average Bonchev–Trinajstić information content (AvgIpc) is 2.62.